The third-order valence-corrected chi connectivity index (χ3v) is 3.62. The first-order valence-electron chi connectivity index (χ1n) is 7.65. The molecule has 1 amide bonds. The number of fused-ring (bicyclic) bond motifs is 3. The zero-order valence-corrected chi connectivity index (χ0v) is 13.0. The monoisotopic (exact) mass is 327 g/mol. The first kappa shape index (κ1) is 16.0. The summed E-state index contributed by atoms with van der Waals surface area (Å²) in [4.78, 5) is 23.6. The fourth-order valence-corrected chi connectivity index (χ4v) is 2.46. The number of nitrogens with one attached hydrogen (secondary N) is 1. The predicted octanol–water partition coefficient (Wildman–Crippen LogP) is 1.82. The Morgan fingerprint density at radius 2 is 1.92 bits per heavy atom. The van der Waals surface area contributed by atoms with Crippen molar-refractivity contribution in [1.82, 2.24) is 5.32 Å². The molecule has 3 aromatic rings. The SMILES string of the molecule is O=C(COc1ccc2c(c1)oc(=O)c1ccccc12)NCCCO. The lowest BCUT2D eigenvalue weighted by Crippen LogP contribution is -2.30. The van der Waals surface area contributed by atoms with Crippen molar-refractivity contribution in [3.63, 3.8) is 0 Å². The molecule has 2 N–H and O–H groups in total. The third kappa shape index (κ3) is 3.38. The summed E-state index contributed by atoms with van der Waals surface area (Å²) in [5.74, 6) is 0.168. The minimum Gasteiger partial charge on any atom is -0.484 e. The van der Waals surface area contributed by atoms with Gasteiger partial charge in [-0.05, 0) is 30.0 Å². The summed E-state index contributed by atoms with van der Waals surface area (Å²) < 4.78 is 10.8. The van der Waals surface area contributed by atoms with Crippen LogP contribution in [-0.2, 0) is 4.79 Å². The molecule has 0 saturated heterocycles. The molecule has 24 heavy (non-hydrogen) atoms. The van der Waals surface area contributed by atoms with E-state index in [2.05, 4.69) is 5.32 Å². The molecule has 3 rings (SSSR count). The molecule has 0 spiro atoms. The molecule has 0 atom stereocenters. The van der Waals surface area contributed by atoms with Crippen molar-refractivity contribution in [2.24, 2.45) is 0 Å². The first-order valence-corrected chi connectivity index (χ1v) is 7.65. The van der Waals surface area contributed by atoms with E-state index >= 15 is 0 Å². The van der Waals surface area contributed by atoms with Crippen LogP contribution < -0.4 is 15.7 Å². The van der Waals surface area contributed by atoms with Gasteiger partial charge >= 0.3 is 5.63 Å². The average molecular weight is 327 g/mol. The van der Waals surface area contributed by atoms with Crippen LogP contribution in [0, 0.1) is 0 Å². The molecular weight excluding hydrogens is 310 g/mol. The lowest BCUT2D eigenvalue weighted by molar-refractivity contribution is -0.123. The molecule has 0 unspecified atom stereocenters. The normalized spacial score (nSPS) is 10.9. The number of ether oxygens (including phenoxy) is 1. The largest absolute Gasteiger partial charge is 0.484 e. The Bertz CT molecular complexity index is 931. The lowest BCUT2D eigenvalue weighted by Gasteiger charge is -2.08. The maximum absolute atomic E-state index is 12.0. The van der Waals surface area contributed by atoms with Crippen LogP contribution in [0.4, 0.5) is 0 Å². The van der Waals surface area contributed by atoms with Crippen LogP contribution in [0.3, 0.4) is 0 Å². The number of hydrogen-bond donors (Lipinski definition) is 2. The van der Waals surface area contributed by atoms with E-state index in [0.717, 1.165) is 10.8 Å². The molecule has 0 radical (unpaired) electrons. The number of benzene rings is 2. The minimum absolute atomic E-state index is 0.0266. The van der Waals surface area contributed by atoms with Crippen molar-refractivity contribution in [3.8, 4) is 5.75 Å². The van der Waals surface area contributed by atoms with E-state index in [0.29, 0.717) is 29.7 Å². The first-order chi connectivity index (χ1) is 11.7. The van der Waals surface area contributed by atoms with Gasteiger partial charge in [0, 0.05) is 24.6 Å². The molecule has 2 aromatic carbocycles. The van der Waals surface area contributed by atoms with E-state index in [1.54, 1.807) is 30.3 Å². The summed E-state index contributed by atoms with van der Waals surface area (Å²) >= 11 is 0. The van der Waals surface area contributed by atoms with Gasteiger partial charge in [-0.1, -0.05) is 18.2 Å². The van der Waals surface area contributed by atoms with E-state index < -0.39 is 5.63 Å². The minimum atomic E-state index is -0.406. The van der Waals surface area contributed by atoms with Gasteiger partial charge in [0.15, 0.2) is 6.61 Å². The Kier molecular flexibility index (Phi) is 4.77. The van der Waals surface area contributed by atoms with Crippen molar-refractivity contribution in [1.29, 1.82) is 0 Å². The Labute approximate surface area is 137 Å². The molecule has 0 fully saturated rings. The standard InChI is InChI=1S/C18H17NO5/c20-9-3-8-19-17(21)11-23-12-6-7-14-13-4-1-2-5-15(13)18(22)24-16(14)10-12/h1-2,4-7,10,20H,3,8-9,11H2,(H,19,21). The zero-order chi connectivity index (χ0) is 16.9. The van der Waals surface area contributed by atoms with E-state index in [1.807, 2.05) is 12.1 Å². The van der Waals surface area contributed by atoms with Gasteiger partial charge in [0.2, 0.25) is 0 Å². The summed E-state index contributed by atoms with van der Waals surface area (Å²) in [5.41, 5.74) is 0.00823. The molecule has 0 aliphatic rings. The van der Waals surface area contributed by atoms with Crippen molar-refractivity contribution >= 4 is 27.6 Å². The van der Waals surface area contributed by atoms with Gasteiger partial charge in [-0.25, -0.2) is 4.79 Å². The van der Waals surface area contributed by atoms with Crippen molar-refractivity contribution in [3.05, 3.63) is 52.9 Å². The highest BCUT2D eigenvalue weighted by atomic mass is 16.5. The zero-order valence-electron chi connectivity index (χ0n) is 13.0. The maximum Gasteiger partial charge on any atom is 0.344 e. The van der Waals surface area contributed by atoms with Crippen molar-refractivity contribution < 1.29 is 19.1 Å². The number of rotatable bonds is 6. The topological polar surface area (TPSA) is 88.8 Å². The smallest absolute Gasteiger partial charge is 0.344 e. The maximum atomic E-state index is 12.0. The molecule has 6 heteroatoms. The molecule has 6 nitrogen and oxygen atoms in total. The fraction of sp³-hybridized carbons (Fsp3) is 0.222. The van der Waals surface area contributed by atoms with E-state index in [4.69, 9.17) is 14.3 Å². The molecule has 0 aliphatic heterocycles. The van der Waals surface area contributed by atoms with Crippen molar-refractivity contribution in [2.75, 3.05) is 19.8 Å². The van der Waals surface area contributed by atoms with E-state index in [-0.39, 0.29) is 19.1 Å². The van der Waals surface area contributed by atoms with Gasteiger partial charge in [0.1, 0.15) is 11.3 Å². The Morgan fingerprint density at radius 1 is 1.12 bits per heavy atom. The second kappa shape index (κ2) is 7.14. The van der Waals surface area contributed by atoms with Gasteiger partial charge < -0.3 is 19.6 Å². The number of aliphatic hydroxyl groups excluding tert-OH is 1. The fourth-order valence-electron chi connectivity index (χ4n) is 2.46. The summed E-state index contributed by atoms with van der Waals surface area (Å²) in [7, 11) is 0. The van der Waals surface area contributed by atoms with E-state index in [1.165, 1.54) is 0 Å². The highest BCUT2D eigenvalue weighted by molar-refractivity contribution is 6.04. The number of aliphatic hydroxyl groups is 1. The average Bonchev–Trinajstić information content (AvgIpc) is 2.60. The van der Waals surface area contributed by atoms with Crippen LogP contribution >= 0.6 is 0 Å². The van der Waals surface area contributed by atoms with Gasteiger partial charge in [0.25, 0.3) is 5.91 Å². The molecule has 1 aromatic heterocycles. The van der Waals surface area contributed by atoms with Crippen LogP contribution in [0.25, 0.3) is 21.7 Å². The van der Waals surface area contributed by atoms with Crippen LogP contribution in [0.1, 0.15) is 6.42 Å². The van der Waals surface area contributed by atoms with E-state index in [9.17, 15) is 9.59 Å². The van der Waals surface area contributed by atoms with Crippen LogP contribution in [0.5, 0.6) is 5.75 Å². The number of hydrogen-bond acceptors (Lipinski definition) is 5. The Balaban J connectivity index is 1.80. The second-order valence-electron chi connectivity index (χ2n) is 5.31. The number of carbonyl (C=O) groups is 1. The van der Waals surface area contributed by atoms with Crippen LogP contribution in [0.2, 0.25) is 0 Å². The Hall–Kier alpha value is -2.86. The summed E-state index contributed by atoms with van der Waals surface area (Å²) in [6.07, 6.45) is 0.500. The highest BCUT2D eigenvalue weighted by Gasteiger charge is 2.09. The van der Waals surface area contributed by atoms with Gasteiger partial charge in [0.05, 0.1) is 5.39 Å². The second-order valence-corrected chi connectivity index (χ2v) is 5.31. The summed E-state index contributed by atoms with van der Waals surface area (Å²) in [6.45, 7) is 0.283. The molecule has 0 saturated carbocycles. The van der Waals surface area contributed by atoms with Crippen LogP contribution in [-0.4, -0.2) is 30.8 Å². The molecule has 0 bridgehead atoms. The third-order valence-electron chi connectivity index (χ3n) is 3.62. The Morgan fingerprint density at radius 3 is 2.71 bits per heavy atom. The summed E-state index contributed by atoms with van der Waals surface area (Å²) in [5, 5.41) is 13.5. The van der Waals surface area contributed by atoms with Crippen LogP contribution in [0.15, 0.2) is 51.7 Å². The summed E-state index contributed by atoms with van der Waals surface area (Å²) in [6, 6.07) is 12.4. The quantitative estimate of drug-likeness (QED) is 0.409. The van der Waals surface area contributed by atoms with Gasteiger partial charge in [-0.15, -0.1) is 0 Å². The molecule has 124 valence electrons. The van der Waals surface area contributed by atoms with Gasteiger partial charge in [-0.2, -0.15) is 0 Å². The molecule has 1 heterocycles. The molecular formula is C18H17NO5. The highest BCUT2D eigenvalue weighted by Crippen LogP contribution is 2.26. The molecule has 0 aliphatic carbocycles. The lowest BCUT2D eigenvalue weighted by atomic mass is 10.1. The van der Waals surface area contributed by atoms with Gasteiger partial charge in [-0.3, -0.25) is 4.79 Å². The van der Waals surface area contributed by atoms with Crippen molar-refractivity contribution in [2.45, 2.75) is 6.42 Å². The number of carbonyl (C=O) groups excluding carboxylic acids is 1. The predicted molar refractivity (Wildman–Crippen MR) is 90.2 cm³/mol. The number of amides is 1.